The number of aliphatic hydroxyl groups excluding tert-OH is 1. The molecule has 0 aromatic heterocycles. The van der Waals surface area contributed by atoms with Crippen LogP contribution < -0.4 is 14.4 Å². The molecule has 5 heteroatoms. The molecule has 5 nitrogen and oxygen atoms in total. The van der Waals surface area contributed by atoms with Gasteiger partial charge in [0.2, 0.25) is 5.91 Å². The summed E-state index contributed by atoms with van der Waals surface area (Å²) in [6, 6.07) is 3.60. The molecule has 0 heterocycles. The van der Waals surface area contributed by atoms with Crippen LogP contribution in [0, 0.1) is 6.92 Å². The molecule has 0 saturated heterocycles. The Bertz CT molecular complexity index is 445. The molecule has 0 atom stereocenters. The van der Waals surface area contributed by atoms with E-state index in [9.17, 15) is 4.79 Å². The summed E-state index contributed by atoms with van der Waals surface area (Å²) in [4.78, 5) is 13.6. The second-order valence-electron chi connectivity index (χ2n) is 4.28. The van der Waals surface area contributed by atoms with Crippen LogP contribution in [-0.4, -0.2) is 38.9 Å². The minimum atomic E-state index is -0.0550. The third-order valence-electron chi connectivity index (χ3n) is 2.95. The maximum atomic E-state index is 12.0. The fraction of sp³-hybridized carbons (Fsp3) is 0.500. The van der Waals surface area contributed by atoms with Crippen molar-refractivity contribution in [2.24, 2.45) is 0 Å². The quantitative estimate of drug-likeness (QED) is 0.853. The minimum absolute atomic E-state index is 0.0122. The van der Waals surface area contributed by atoms with Crippen LogP contribution in [0.1, 0.15) is 18.4 Å². The van der Waals surface area contributed by atoms with Crippen molar-refractivity contribution in [1.29, 1.82) is 0 Å². The van der Waals surface area contributed by atoms with Crippen LogP contribution in [-0.2, 0) is 4.79 Å². The number of anilines is 1. The lowest BCUT2D eigenvalue weighted by Crippen LogP contribution is -2.27. The average molecular weight is 267 g/mol. The van der Waals surface area contributed by atoms with Gasteiger partial charge in [-0.1, -0.05) is 0 Å². The van der Waals surface area contributed by atoms with Crippen molar-refractivity contribution in [1.82, 2.24) is 0 Å². The van der Waals surface area contributed by atoms with Gasteiger partial charge in [-0.2, -0.15) is 0 Å². The predicted molar refractivity (Wildman–Crippen MR) is 74.0 cm³/mol. The van der Waals surface area contributed by atoms with Gasteiger partial charge in [0.15, 0.2) is 0 Å². The number of carbonyl (C=O) groups is 1. The Kier molecular flexibility index (Phi) is 5.63. The summed E-state index contributed by atoms with van der Waals surface area (Å²) in [5.41, 5.74) is 1.63. The monoisotopic (exact) mass is 267 g/mol. The van der Waals surface area contributed by atoms with Crippen LogP contribution in [0.2, 0.25) is 0 Å². The van der Waals surface area contributed by atoms with Crippen LogP contribution in [0.15, 0.2) is 12.1 Å². The molecule has 0 bridgehead atoms. The lowest BCUT2D eigenvalue weighted by molar-refractivity contribution is -0.118. The summed E-state index contributed by atoms with van der Waals surface area (Å²) >= 11 is 0. The zero-order valence-electron chi connectivity index (χ0n) is 11.9. The van der Waals surface area contributed by atoms with E-state index in [-0.39, 0.29) is 12.5 Å². The number of methoxy groups -OCH3 is 2. The van der Waals surface area contributed by atoms with Gasteiger partial charge in [0.25, 0.3) is 0 Å². The average Bonchev–Trinajstić information content (AvgIpc) is 2.42. The van der Waals surface area contributed by atoms with E-state index in [1.807, 2.05) is 13.0 Å². The van der Waals surface area contributed by atoms with Crippen LogP contribution in [0.4, 0.5) is 5.69 Å². The Balaban J connectivity index is 3.07. The van der Waals surface area contributed by atoms with E-state index in [0.29, 0.717) is 24.3 Å². The van der Waals surface area contributed by atoms with E-state index in [2.05, 4.69) is 0 Å². The van der Waals surface area contributed by atoms with Gasteiger partial charge in [0, 0.05) is 26.1 Å². The minimum Gasteiger partial charge on any atom is -0.497 e. The normalized spacial score (nSPS) is 10.2. The smallest absolute Gasteiger partial charge is 0.226 e. The lowest BCUT2D eigenvalue weighted by Gasteiger charge is -2.22. The molecule has 0 aliphatic rings. The molecule has 0 spiro atoms. The molecule has 0 unspecified atom stereocenters. The van der Waals surface area contributed by atoms with E-state index in [0.717, 1.165) is 11.3 Å². The molecule has 0 fully saturated rings. The highest BCUT2D eigenvalue weighted by molar-refractivity contribution is 5.95. The molecular formula is C14H21NO4. The van der Waals surface area contributed by atoms with Crippen LogP contribution in [0.5, 0.6) is 11.5 Å². The second-order valence-corrected chi connectivity index (χ2v) is 4.28. The lowest BCUT2D eigenvalue weighted by atomic mass is 10.1. The number of nitrogens with zero attached hydrogens (tertiary/aromatic N) is 1. The number of amides is 1. The fourth-order valence-corrected chi connectivity index (χ4v) is 1.94. The van der Waals surface area contributed by atoms with Gasteiger partial charge < -0.3 is 19.5 Å². The number of aryl methyl sites for hydroxylation is 1. The third kappa shape index (κ3) is 3.61. The number of benzene rings is 1. The first kappa shape index (κ1) is 15.3. The number of ether oxygens (including phenoxy) is 2. The molecule has 106 valence electrons. The molecule has 1 N–H and O–H groups in total. The van der Waals surface area contributed by atoms with Crippen molar-refractivity contribution >= 4 is 11.6 Å². The number of carbonyl (C=O) groups excluding carboxylic acids is 1. The van der Waals surface area contributed by atoms with Gasteiger partial charge >= 0.3 is 0 Å². The highest BCUT2D eigenvalue weighted by Gasteiger charge is 2.18. The third-order valence-corrected chi connectivity index (χ3v) is 2.95. The Morgan fingerprint density at radius 3 is 2.53 bits per heavy atom. The molecule has 0 saturated carbocycles. The van der Waals surface area contributed by atoms with Crippen LogP contribution >= 0.6 is 0 Å². The number of rotatable bonds is 6. The Morgan fingerprint density at radius 1 is 1.32 bits per heavy atom. The molecule has 1 aromatic rings. The molecule has 1 amide bonds. The van der Waals surface area contributed by atoms with Gasteiger partial charge in [-0.15, -0.1) is 0 Å². The van der Waals surface area contributed by atoms with Crippen molar-refractivity contribution in [2.45, 2.75) is 19.8 Å². The van der Waals surface area contributed by atoms with E-state index in [1.165, 1.54) is 0 Å². The van der Waals surface area contributed by atoms with Gasteiger partial charge in [0.1, 0.15) is 11.5 Å². The van der Waals surface area contributed by atoms with Gasteiger partial charge in [0.05, 0.1) is 19.9 Å². The van der Waals surface area contributed by atoms with E-state index in [1.54, 1.807) is 32.2 Å². The van der Waals surface area contributed by atoms with Crippen LogP contribution in [0.25, 0.3) is 0 Å². The topological polar surface area (TPSA) is 59.0 Å². The Labute approximate surface area is 113 Å². The van der Waals surface area contributed by atoms with Crippen molar-refractivity contribution in [2.75, 3.05) is 32.8 Å². The highest BCUT2D eigenvalue weighted by Crippen LogP contribution is 2.35. The van der Waals surface area contributed by atoms with Gasteiger partial charge in [-0.05, 0) is 25.0 Å². The summed E-state index contributed by atoms with van der Waals surface area (Å²) in [5, 5.41) is 8.78. The first-order chi connectivity index (χ1) is 9.04. The van der Waals surface area contributed by atoms with Crippen molar-refractivity contribution in [3.63, 3.8) is 0 Å². The standard InChI is InChI=1S/C14H21NO4/c1-10-8-11(18-3)9-12(19-4)14(10)15(2)13(17)6-5-7-16/h8-9,16H,5-7H2,1-4H3. The first-order valence-corrected chi connectivity index (χ1v) is 6.15. The van der Waals surface area contributed by atoms with Crippen molar-refractivity contribution in [3.8, 4) is 11.5 Å². The molecule has 1 rings (SSSR count). The Hall–Kier alpha value is -1.75. The summed E-state index contributed by atoms with van der Waals surface area (Å²) in [7, 11) is 4.85. The molecule has 1 aromatic carbocycles. The number of hydrogen-bond donors (Lipinski definition) is 1. The van der Waals surface area contributed by atoms with E-state index >= 15 is 0 Å². The Morgan fingerprint density at radius 2 is 2.00 bits per heavy atom. The molecular weight excluding hydrogens is 246 g/mol. The zero-order chi connectivity index (χ0) is 14.4. The van der Waals surface area contributed by atoms with E-state index in [4.69, 9.17) is 14.6 Å². The zero-order valence-corrected chi connectivity index (χ0v) is 11.9. The fourth-order valence-electron chi connectivity index (χ4n) is 1.94. The van der Waals surface area contributed by atoms with Gasteiger partial charge in [-0.3, -0.25) is 4.79 Å². The summed E-state index contributed by atoms with van der Waals surface area (Å²) < 4.78 is 10.5. The largest absolute Gasteiger partial charge is 0.497 e. The predicted octanol–water partition coefficient (Wildman–Crippen LogP) is 1.75. The molecule has 0 radical (unpaired) electrons. The van der Waals surface area contributed by atoms with Crippen molar-refractivity contribution in [3.05, 3.63) is 17.7 Å². The summed E-state index contributed by atoms with van der Waals surface area (Å²) in [6.07, 6.45) is 0.766. The molecule has 0 aliphatic carbocycles. The highest BCUT2D eigenvalue weighted by atomic mass is 16.5. The summed E-state index contributed by atoms with van der Waals surface area (Å²) in [6.45, 7) is 1.91. The first-order valence-electron chi connectivity index (χ1n) is 6.15. The summed E-state index contributed by atoms with van der Waals surface area (Å²) in [5.74, 6) is 1.23. The van der Waals surface area contributed by atoms with Gasteiger partial charge in [-0.25, -0.2) is 0 Å². The second kappa shape index (κ2) is 6.99. The molecule has 19 heavy (non-hydrogen) atoms. The SMILES string of the molecule is COc1cc(C)c(N(C)C(=O)CCCO)c(OC)c1. The number of aliphatic hydroxyl groups is 1. The molecule has 0 aliphatic heterocycles. The maximum Gasteiger partial charge on any atom is 0.226 e. The maximum absolute atomic E-state index is 12.0. The van der Waals surface area contributed by atoms with E-state index < -0.39 is 0 Å². The number of hydrogen-bond acceptors (Lipinski definition) is 4. The van der Waals surface area contributed by atoms with Crippen LogP contribution in [0.3, 0.4) is 0 Å². The van der Waals surface area contributed by atoms with Crippen molar-refractivity contribution < 1.29 is 19.4 Å².